The lowest BCUT2D eigenvalue weighted by Crippen LogP contribution is -2.41. The Balaban J connectivity index is 2.73. The van der Waals surface area contributed by atoms with Gasteiger partial charge in [0.25, 0.3) is 0 Å². The number of likely N-dealkylation sites (N-methyl/N-ethyl adjacent to an activating group) is 2. The number of sulfonamides is 1. The first-order valence-electron chi connectivity index (χ1n) is 6.86. The molecular weight excluding hydrogens is 290 g/mol. The summed E-state index contributed by atoms with van der Waals surface area (Å²) in [6.07, 6.45) is 0. The van der Waals surface area contributed by atoms with E-state index in [-0.39, 0.29) is 18.2 Å². The summed E-state index contributed by atoms with van der Waals surface area (Å²) in [5.74, 6) is -0.335. The molecular formula is C14H23N3O3S. The Morgan fingerprint density at radius 1 is 1.14 bits per heavy atom. The van der Waals surface area contributed by atoms with Crippen LogP contribution in [0.15, 0.2) is 24.3 Å². The van der Waals surface area contributed by atoms with E-state index in [1.807, 2.05) is 13.8 Å². The number of benzene rings is 1. The van der Waals surface area contributed by atoms with E-state index in [0.717, 1.165) is 4.31 Å². The zero-order chi connectivity index (χ0) is 16.0. The molecule has 1 amide bonds. The maximum atomic E-state index is 12.2. The first kappa shape index (κ1) is 17.5. The van der Waals surface area contributed by atoms with Gasteiger partial charge in [0.05, 0.1) is 12.3 Å². The van der Waals surface area contributed by atoms with Gasteiger partial charge in [-0.05, 0) is 31.5 Å². The minimum absolute atomic E-state index is 0.140. The average Bonchev–Trinajstić information content (AvgIpc) is 2.42. The standard InChI is InChI=1S/C14H23N3O3S/c1-4-17(5-2)14(18)10-16(3)21(19,20)11-12-6-8-13(15)9-7-12/h6-9H,4-5,10-11,15H2,1-3H3. The Morgan fingerprint density at radius 2 is 1.67 bits per heavy atom. The van der Waals surface area contributed by atoms with Crippen molar-refractivity contribution in [3.05, 3.63) is 29.8 Å². The predicted molar refractivity (Wildman–Crippen MR) is 84.0 cm³/mol. The van der Waals surface area contributed by atoms with Crippen molar-refractivity contribution in [2.24, 2.45) is 0 Å². The van der Waals surface area contributed by atoms with Crippen LogP contribution >= 0.6 is 0 Å². The van der Waals surface area contributed by atoms with E-state index < -0.39 is 10.0 Å². The smallest absolute Gasteiger partial charge is 0.237 e. The van der Waals surface area contributed by atoms with Crippen molar-refractivity contribution in [2.45, 2.75) is 19.6 Å². The lowest BCUT2D eigenvalue weighted by Gasteiger charge is -2.23. The third-order valence-corrected chi connectivity index (χ3v) is 5.05. The highest BCUT2D eigenvalue weighted by Crippen LogP contribution is 2.12. The molecule has 0 spiro atoms. The highest BCUT2D eigenvalue weighted by molar-refractivity contribution is 7.88. The number of anilines is 1. The van der Waals surface area contributed by atoms with E-state index in [4.69, 9.17) is 5.73 Å². The lowest BCUT2D eigenvalue weighted by atomic mass is 10.2. The Bertz CT molecular complexity index is 566. The molecule has 0 radical (unpaired) electrons. The topological polar surface area (TPSA) is 83.7 Å². The molecule has 21 heavy (non-hydrogen) atoms. The summed E-state index contributed by atoms with van der Waals surface area (Å²) in [6.45, 7) is 4.73. The summed E-state index contributed by atoms with van der Waals surface area (Å²) in [7, 11) is -2.10. The minimum Gasteiger partial charge on any atom is -0.399 e. The Morgan fingerprint density at radius 3 is 2.14 bits per heavy atom. The second-order valence-corrected chi connectivity index (χ2v) is 6.90. The van der Waals surface area contributed by atoms with Crippen molar-refractivity contribution in [3.8, 4) is 0 Å². The van der Waals surface area contributed by atoms with E-state index >= 15 is 0 Å². The van der Waals surface area contributed by atoms with E-state index in [0.29, 0.717) is 24.3 Å². The molecule has 0 saturated heterocycles. The van der Waals surface area contributed by atoms with Crippen LogP contribution in [-0.4, -0.2) is 50.2 Å². The fourth-order valence-corrected chi connectivity index (χ4v) is 3.04. The number of hydrogen-bond donors (Lipinski definition) is 1. The largest absolute Gasteiger partial charge is 0.399 e. The first-order valence-corrected chi connectivity index (χ1v) is 8.47. The summed E-state index contributed by atoms with van der Waals surface area (Å²) in [6, 6.07) is 6.66. The third kappa shape index (κ3) is 5.02. The van der Waals surface area contributed by atoms with Crippen molar-refractivity contribution >= 4 is 21.6 Å². The van der Waals surface area contributed by atoms with Gasteiger partial charge in [-0.25, -0.2) is 8.42 Å². The van der Waals surface area contributed by atoms with Crippen molar-refractivity contribution < 1.29 is 13.2 Å². The van der Waals surface area contributed by atoms with Crippen molar-refractivity contribution in [2.75, 3.05) is 32.4 Å². The molecule has 1 rings (SSSR count). The quantitative estimate of drug-likeness (QED) is 0.758. The van der Waals surface area contributed by atoms with Gasteiger partial charge in [0.2, 0.25) is 15.9 Å². The normalized spacial score (nSPS) is 11.6. The number of hydrogen-bond acceptors (Lipinski definition) is 4. The van der Waals surface area contributed by atoms with Gasteiger partial charge in [-0.15, -0.1) is 0 Å². The fourth-order valence-electron chi connectivity index (χ4n) is 1.90. The monoisotopic (exact) mass is 313 g/mol. The Labute approximate surface area is 126 Å². The molecule has 0 heterocycles. The molecule has 0 bridgehead atoms. The van der Waals surface area contributed by atoms with E-state index in [2.05, 4.69) is 0 Å². The maximum Gasteiger partial charge on any atom is 0.237 e. The van der Waals surface area contributed by atoms with Crippen LogP contribution in [0.3, 0.4) is 0 Å². The summed E-state index contributed by atoms with van der Waals surface area (Å²) >= 11 is 0. The van der Waals surface area contributed by atoms with E-state index in [1.54, 1.807) is 29.2 Å². The second-order valence-electron chi connectivity index (χ2n) is 4.82. The lowest BCUT2D eigenvalue weighted by molar-refractivity contribution is -0.130. The molecule has 0 aliphatic heterocycles. The number of rotatable bonds is 7. The molecule has 1 aromatic rings. The van der Waals surface area contributed by atoms with Crippen LogP contribution in [0.2, 0.25) is 0 Å². The van der Waals surface area contributed by atoms with E-state index in [1.165, 1.54) is 7.05 Å². The highest BCUT2D eigenvalue weighted by atomic mass is 32.2. The predicted octanol–water partition coefficient (Wildman–Crippen LogP) is 0.899. The molecule has 7 heteroatoms. The molecule has 2 N–H and O–H groups in total. The number of amides is 1. The summed E-state index contributed by atoms with van der Waals surface area (Å²) in [5, 5.41) is 0. The molecule has 0 saturated carbocycles. The molecule has 118 valence electrons. The van der Waals surface area contributed by atoms with Gasteiger partial charge in [-0.2, -0.15) is 4.31 Å². The van der Waals surface area contributed by atoms with Gasteiger partial charge in [0.1, 0.15) is 0 Å². The Hall–Kier alpha value is -1.60. The van der Waals surface area contributed by atoms with Crippen LogP contribution in [0.1, 0.15) is 19.4 Å². The van der Waals surface area contributed by atoms with Gasteiger partial charge in [-0.1, -0.05) is 12.1 Å². The van der Waals surface area contributed by atoms with Crippen LogP contribution in [0.4, 0.5) is 5.69 Å². The molecule has 0 fully saturated rings. The van der Waals surface area contributed by atoms with Crippen molar-refractivity contribution in [3.63, 3.8) is 0 Å². The van der Waals surface area contributed by atoms with Gasteiger partial charge < -0.3 is 10.6 Å². The molecule has 0 aliphatic carbocycles. The van der Waals surface area contributed by atoms with Crippen molar-refractivity contribution in [1.29, 1.82) is 0 Å². The number of nitrogens with two attached hydrogens (primary N) is 1. The summed E-state index contributed by atoms with van der Waals surface area (Å²) in [4.78, 5) is 13.6. The van der Waals surface area contributed by atoms with Crippen LogP contribution in [0.5, 0.6) is 0 Å². The van der Waals surface area contributed by atoms with Gasteiger partial charge in [0, 0.05) is 25.8 Å². The van der Waals surface area contributed by atoms with Crippen LogP contribution in [0, 0.1) is 0 Å². The zero-order valence-electron chi connectivity index (χ0n) is 12.7. The molecule has 0 unspecified atom stereocenters. The SMILES string of the molecule is CCN(CC)C(=O)CN(C)S(=O)(=O)Cc1ccc(N)cc1. The number of carbonyl (C=O) groups excluding carboxylic acids is 1. The summed E-state index contributed by atoms with van der Waals surface area (Å²) < 4.78 is 25.6. The number of nitrogens with zero attached hydrogens (tertiary/aromatic N) is 2. The first-order chi connectivity index (χ1) is 9.80. The van der Waals surface area contributed by atoms with Crippen LogP contribution in [0.25, 0.3) is 0 Å². The fraction of sp³-hybridized carbons (Fsp3) is 0.500. The number of nitrogen functional groups attached to an aromatic ring is 1. The average molecular weight is 313 g/mol. The molecule has 6 nitrogen and oxygen atoms in total. The minimum atomic E-state index is -3.53. The third-order valence-electron chi connectivity index (χ3n) is 3.28. The highest BCUT2D eigenvalue weighted by Gasteiger charge is 2.22. The summed E-state index contributed by atoms with van der Waals surface area (Å²) in [5.41, 5.74) is 6.80. The molecule has 1 aromatic carbocycles. The maximum absolute atomic E-state index is 12.2. The van der Waals surface area contributed by atoms with Gasteiger partial charge >= 0.3 is 0 Å². The molecule has 0 aromatic heterocycles. The van der Waals surface area contributed by atoms with Crippen molar-refractivity contribution in [1.82, 2.24) is 9.21 Å². The Kier molecular flexibility index (Phi) is 6.17. The zero-order valence-corrected chi connectivity index (χ0v) is 13.6. The second kappa shape index (κ2) is 7.42. The number of carbonyl (C=O) groups is 1. The molecule has 0 aliphatic rings. The van der Waals surface area contributed by atoms with Crippen LogP contribution < -0.4 is 5.73 Å². The molecule has 0 atom stereocenters. The van der Waals surface area contributed by atoms with E-state index in [9.17, 15) is 13.2 Å². The van der Waals surface area contributed by atoms with Gasteiger partial charge in [0.15, 0.2) is 0 Å². The van der Waals surface area contributed by atoms with Crippen LogP contribution in [-0.2, 0) is 20.6 Å². The van der Waals surface area contributed by atoms with Gasteiger partial charge in [-0.3, -0.25) is 4.79 Å².